The van der Waals surface area contributed by atoms with Gasteiger partial charge in [-0.05, 0) is 31.2 Å². The standard InChI is InChI=1S/C21H24N6O4S/c1-3-16(14-8-5-4-6-9-14)24-19-20(27-32(30,31)26-19)25-17-11-7-10-15(18(17)28)21(29)23-13-12-22-2/h4-11,13,16,22,28H,3,12H2,1-2H3,(H,24,26)(H,25,27)/t16-/m1/s1. The lowest BCUT2D eigenvalue weighted by molar-refractivity contribution is 0.100. The van der Waals surface area contributed by atoms with Crippen LogP contribution in [0.1, 0.15) is 35.3 Å². The van der Waals surface area contributed by atoms with E-state index in [0.717, 1.165) is 5.56 Å². The van der Waals surface area contributed by atoms with E-state index in [9.17, 15) is 18.3 Å². The first-order chi connectivity index (χ1) is 15.3. The number of phenols is 1. The van der Waals surface area contributed by atoms with Crippen LogP contribution in [-0.2, 0) is 10.2 Å². The highest BCUT2D eigenvalue weighted by molar-refractivity contribution is 7.89. The van der Waals surface area contributed by atoms with E-state index < -0.39 is 16.1 Å². The first-order valence-electron chi connectivity index (χ1n) is 9.91. The highest BCUT2D eigenvalue weighted by Gasteiger charge is 2.28. The molecule has 2 aromatic carbocycles. The molecule has 1 atom stereocenters. The van der Waals surface area contributed by atoms with Crippen molar-refractivity contribution in [1.82, 2.24) is 10.0 Å². The number of benzene rings is 2. The van der Waals surface area contributed by atoms with Crippen LogP contribution in [0.5, 0.6) is 5.75 Å². The van der Waals surface area contributed by atoms with E-state index in [1.807, 2.05) is 37.3 Å². The van der Waals surface area contributed by atoms with Crippen LogP contribution in [0.3, 0.4) is 0 Å². The van der Waals surface area contributed by atoms with Crippen molar-refractivity contribution in [2.45, 2.75) is 19.4 Å². The third kappa shape index (κ3) is 5.56. The average molecular weight is 457 g/mol. The second-order valence-electron chi connectivity index (χ2n) is 6.83. The van der Waals surface area contributed by atoms with Gasteiger partial charge in [0.15, 0.2) is 17.4 Å². The molecule has 1 amide bonds. The van der Waals surface area contributed by atoms with Crippen molar-refractivity contribution in [3.05, 3.63) is 59.7 Å². The van der Waals surface area contributed by atoms with Crippen molar-refractivity contribution < 1.29 is 18.3 Å². The predicted octanol–water partition coefficient (Wildman–Crippen LogP) is 2.03. The number of amides is 1. The molecule has 0 bridgehead atoms. The van der Waals surface area contributed by atoms with Gasteiger partial charge in [-0.2, -0.15) is 8.42 Å². The van der Waals surface area contributed by atoms with Gasteiger partial charge in [-0.1, -0.05) is 43.3 Å². The van der Waals surface area contributed by atoms with Gasteiger partial charge >= 0.3 is 10.2 Å². The fraction of sp³-hybridized carbons (Fsp3) is 0.238. The molecule has 0 saturated heterocycles. The second-order valence-corrected chi connectivity index (χ2v) is 8.17. The molecular weight excluding hydrogens is 432 g/mol. The molecular formula is C21H24N6O4S. The monoisotopic (exact) mass is 456 g/mol. The fourth-order valence-corrected chi connectivity index (χ4v) is 3.80. The van der Waals surface area contributed by atoms with Crippen molar-refractivity contribution in [3.63, 3.8) is 0 Å². The molecule has 10 nitrogen and oxygen atoms in total. The summed E-state index contributed by atoms with van der Waals surface area (Å²) in [6.45, 7) is 2.33. The quantitative estimate of drug-likeness (QED) is 0.371. The highest BCUT2D eigenvalue weighted by Crippen LogP contribution is 2.29. The van der Waals surface area contributed by atoms with Crippen molar-refractivity contribution in [2.75, 3.05) is 18.9 Å². The van der Waals surface area contributed by atoms with Crippen LogP contribution in [0, 0.1) is 0 Å². The lowest BCUT2D eigenvalue weighted by atomic mass is 10.1. The van der Waals surface area contributed by atoms with E-state index in [0.29, 0.717) is 13.0 Å². The Morgan fingerprint density at radius 3 is 2.66 bits per heavy atom. The maximum Gasteiger partial charge on any atom is 0.345 e. The molecule has 0 unspecified atom stereocenters. The SMILES string of the molecule is CC[C@@H](N=C1NS(=O)(=O)N=C1Nc1cccc(C(=O)N=CCNC)c1O)c1ccccc1. The van der Waals surface area contributed by atoms with E-state index in [4.69, 9.17) is 0 Å². The number of nitrogens with zero attached hydrogens (tertiary/aromatic N) is 3. The van der Waals surface area contributed by atoms with Gasteiger partial charge in [-0.3, -0.25) is 9.79 Å². The van der Waals surface area contributed by atoms with Crippen LogP contribution >= 0.6 is 0 Å². The van der Waals surface area contributed by atoms with Crippen LogP contribution < -0.4 is 15.4 Å². The van der Waals surface area contributed by atoms with Gasteiger partial charge in [0.05, 0.1) is 17.3 Å². The number of anilines is 1. The lowest BCUT2D eigenvalue weighted by Gasteiger charge is -2.14. The van der Waals surface area contributed by atoms with E-state index in [2.05, 4.69) is 29.7 Å². The lowest BCUT2D eigenvalue weighted by Crippen LogP contribution is -2.31. The van der Waals surface area contributed by atoms with Crippen molar-refractivity contribution in [3.8, 4) is 5.75 Å². The Balaban J connectivity index is 1.91. The number of carbonyl (C=O) groups is 1. The molecule has 0 aliphatic carbocycles. The molecule has 168 valence electrons. The predicted molar refractivity (Wildman–Crippen MR) is 125 cm³/mol. The molecule has 11 heteroatoms. The number of carbonyl (C=O) groups excluding carboxylic acids is 1. The molecule has 0 saturated carbocycles. The second kappa shape index (κ2) is 10.2. The zero-order chi connectivity index (χ0) is 23.1. The molecule has 0 radical (unpaired) electrons. The Bertz CT molecular complexity index is 1180. The Morgan fingerprint density at radius 2 is 1.97 bits per heavy atom. The summed E-state index contributed by atoms with van der Waals surface area (Å²) in [6.07, 6.45) is 2.01. The first kappa shape index (κ1) is 23.1. The van der Waals surface area contributed by atoms with Crippen LogP contribution in [0.25, 0.3) is 0 Å². The molecule has 0 spiro atoms. The van der Waals surface area contributed by atoms with Gasteiger partial charge in [0.25, 0.3) is 5.91 Å². The van der Waals surface area contributed by atoms with Gasteiger partial charge in [0.2, 0.25) is 0 Å². The normalized spacial score (nSPS) is 17.2. The van der Waals surface area contributed by atoms with Crippen LogP contribution in [0.4, 0.5) is 5.69 Å². The summed E-state index contributed by atoms with van der Waals surface area (Å²) in [5.74, 6) is -1.08. The molecule has 3 rings (SSSR count). The molecule has 2 aromatic rings. The zero-order valence-corrected chi connectivity index (χ0v) is 18.4. The molecule has 1 aliphatic rings. The molecule has 4 N–H and O–H groups in total. The first-order valence-corrected chi connectivity index (χ1v) is 11.3. The highest BCUT2D eigenvalue weighted by atomic mass is 32.2. The van der Waals surface area contributed by atoms with E-state index in [-0.39, 0.29) is 34.7 Å². The maximum absolute atomic E-state index is 12.3. The number of aromatic hydroxyl groups is 1. The van der Waals surface area contributed by atoms with Crippen molar-refractivity contribution in [1.29, 1.82) is 0 Å². The van der Waals surface area contributed by atoms with Crippen molar-refractivity contribution in [2.24, 2.45) is 14.4 Å². The maximum atomic E-state index is 12.3. The van der Waals surface area contributed by atoms with Gasteiger partial charge < -0.3 is 15.7 Å². The van der Waals surface area contributed by atoms with E-state index in [1.54, 1.807) is 7.05 Å². The Morgan fingerprint density at radius 1 is 1.22 bits per heavy atom. The number of hydrogen-bond donors (Lipinski definition) is 4. The fourth-order valence-electron chi connectivity index (χ4n) is 2.99. The third-order valence-corrected chi connectivity index (χ3v) is 5.42. The van der Waals surface area contributed by atoms with Crippen LogP contribution in [0.2, 0.25) is 0 Å². The summed E-state index contributed by atoms with van der Waals surface area (Å²) in [5, 5.41) is 16.2. The molecule has 0 fully saturated rings. The van der Waals surface area contributed by atoms with Gasteiger partial charge in [0.1, 0.15) is 0 Å². The number of para-hydroxylation sites is 1. The summed E-state index contributed by atoms with van der Waals surface area (Å²) in [6, 6.07) is 13.6. The summed E-state index contributed by atoms with van der Waals surface area (Å²) < 4.78 is 30.1. The van der Waals surface area contributed by atoms with Gasteiger partial charge in [-0.25, -0.2) is 9.71 Å². The van der Waals surface area contributed by atoms with E-state index in [1.165, 1.54) is 24.4 Å². The minimum atomic E-state index is -3.99. The van der Waals surface area contributed by atoms with Crippen molar-refractivity contribution >= 4 is 39.7 Å². The Hall–Kier alpha value is -3.57. The number of nitrogens with one attached hydrogen (secondary N) is 3. The summed E-state index contributed by atoms with van der Waals surface area (Å²) in [5.41, 5.74) is 0.978. The van der Waals surface area contributed by atoms with E-state index >= 15 is 0 Å². The molecule has 1 heterocycles. The summed E-state index contributed by atoms with van der Waals surface area (Å²) >= 11 is 0. The Labute approximate surface area is 186 Å². The molecule has 32 heavy (non-hydrogen) atoms. The summed E-state index contributed by atoms with van der Waals surface area (Å²) in [4.78, 5) is 20.6. The third-order valence-electron chi connectivity index (χ3n) is 4.54. The smallest absolute Gasteiger partial charge is 0.345 e. The molecule has 0 aromatic heterocycles. The van der Waals surface area contributed by atoms with Gasteiger partial charge in [0, 0.05) is 12.8 Å². The number of aliphatic imine (C=N–C) groups is 2. The topological polar surface area (TPSA) is 145 Å². The van der Waals surface area contributed by atoms with Crippen LogP contribution in [0.15, 0.2) is 62.9 Å². The zero-order valence-electron chi connectivity index (χ0n) is 17.6. The van der Waals surface area contributed by atoms with Crippen LogP contribution in [-0.4, -0.2) is 50.9 Å². The average Bonchev–Trinajstić information content (AvgIpc) is 3.06. The molecule has 1 aliphatic heterocycles. The minimum absolute atomic E-state index is 0.0175. The number of hydrogen-bond acceptors (Lipinski definition) is 7. The Kier molecular flexibility index (Phi) is 7.33. The van der Waals surface area contributed by atoms with Gasteiger partial charge in [-0.15, -0.1) is 4.40 Å². The number of amidine groups is 2. The number of phenolic OH excluding ortho intramolecular Hbond substituents is 1. The summed E-state index contributed by atoms with van der Waals surface area (Å²) in [7, 11) is -2.28. The number of rotatable bonds is 7. The largest absolute Gasteiger partial charge is 0.505 e. The minimum Gasteiger partial charge on any atom is -0.505 e.